The van der Waals surface area contributed by atoms with Crippen molar-refractivity contribution in [2.24, 2.45) is 5.92 Å². The van der Waals surface area contributed by atoms with Crippen LogP contribution < -0.4 is 0 Å². The number of carbonyl (C=O) groups excluding carboxylic acids is 1. The van der Waals surface area contributed by atoms with Gasteiger partial charge in [0.2, 0.25) is 5.79 Å². The molecule has 2 aliphatic heterocycles. The molecule has 1 saturated heterocycles. The molecule has 2 aliphatic rings. The van der Waals surface area contributed by atoms with E-state index in [2.05, 4.69) is 0 Å². The van der Waals surface area contributed by atoms with Gasteiger partial charge in [0.1, 0.15) is 11.4 Å². The summed E-state index contributed by atoms with van der Waals surface area (Å²) in [5.41, 5.74) is -1.28. The summed E-state index contributed by atoms with van der Waals surface area (Å²) in [7, 11) is 5.20. The molecule has 3 unspecified atom stereocenters. The average Bonchev–Trinajstić information content (AvgIpc) is 2.75. The van der Waals surface area contributed by atoms with E-state index in [0.29, 0.717) is 17.8 Å². The summed E-state index contributed by atoms with van der Waals surface area (Å²) in [6.45, 7) is 10.2. The van der Waals surface area contributed by atoms with Crippen molar-refractivity contribution in [3.8, 4) is 0 Å². The van der Waals surface area contributed by atoms with E-state index in [1.807, 2.05) is 25.9 Å². The lowest BCUT2D eigenvalue weighted by Gasteiger charge is -2.45. The number of carboxylic acids is 1. The van der Waals surface area contributed by atoms with Crippen LogP contribution in [-0.2, 0) is 37.8 Å². The molecule has 10 nitrogen and oxygen atoms in total. The van der Waals surface area contributed by atoms with Crippen LogP contribution in [0.2, 0.25) is 0 Å². The highest BCUT2D eigenvalue weighted by molar-refractivity contribution is 7.24. The van der Waals surface area contributed by atoms with Gasteiger partial charge in [-0.15, -0.1) is 0 Å². The number of hydrogen-bond acceptors (Lipinski definition) is 9. The molecule has 0 aromatic heterocycles. The van der Waals surface area contributed by atoms with Crippen molar-refractivity contribution in [2.75, 3.05) is 21.2 Å². The van der Waals surface area contributed by atoms with Gasteiger partial charge in [0.15, 0.2) is 14.8 Å². The number of aliphatic carboxylic acids is 1. The maximum Gasteiger partial charge on any atom is 0.340 e. The largest absolute Gasteiger partial charge is 0.481 e. The molecule has 0 bridgehead atoms. The molecule has 0 spiro atoms. The van der Waals surface area contributed by atoms with Gasteiger partial charge in [0, 0.05) is 33.4 Å². The second kappa shape index (κ2) is 11.6. The second-order valence-electron chi connectivity index (χ2n) is 10.4. The Hall–Kier alpha value is -1.58. The van der Waals surface area contributed by atoms with Crippen molar-refractivity contribution >= 4 is 20.4 Å². The number of carbonyl (C=O) groups is 2. The van der Waals surface area contributed by atoms with E-state index in [1.54, 1.807) is 34.6 Å². The summed E-state index contributed by atoms with van der Waals surface area (Å²) < 4.78 is 42.0. The van der Waals surface area contributed by atoms with Gasteiger partial charge in [-0.05, 0) is 47.7 Å². The fourth-order valence-corrected chi connectivity index (χ4v) is 5.33. The van der Waals surface area contributed by atoms with Crippen molar-refractivity contribution in [2.45, 2.75) is 102 Å². The smallest absolute Gasteiger partial charge is 0.340 e. The number of esters is 1. The van der Waals surface area contributed by atoms with Crippen LogP contribution in [0.1, 0.15) is 60.8 Å². The predicted octanol–water partition coefficient (Wildman–Crippen LogP) is 3.59. The zero-order valence-electron chi connectivity index (χ0n) is 22.2. The Morgan fingerprint density at radius 2 is 1.97 bits per heavy atom. The number of ether oxygens (including phenoxy) is 5. The van der Waals surface area contributed by atoms with Crippen molar-refractivity contribution in [3.63, 3.8) is 0 Å². The third kappa shape index (κ3) is 7.23. The maximum absolute atomic E-state index is 12.5. The van der Waals surface area contributed by atoms with Gasteiger partial charge >= 0.3 is 11.9 Å². The van der Waals surface area contributed by atoms with Gasteiger partial charge < -0.3 is 33.7 Å². The molecule has 35 heavy (non-hydrogen) atoms. The fraction of sp³-hybridized carbons (Fsp3) is 0.833. The van der Waals surface area contributed by atoms with Crippen LogP contribution in [0.5, 0.6) is 0 Å². The topological polar surface area (TPSA) is 121 Å². The van der Waals surface area contributed by atoms with E-state index in [0.717, 1.165) is 0 Å². The molecular formula is C24H40NO9P. The Morgan fingerprint density at radius 3 is 2.49 bits per heavy atom. The molecule has 1 N–H and O–H groups in total. The summed E-state index contributed by atoms with van der Waals surface area (Å²) >= 11 is 0. The molecule has 1 fully saturated rings. The van der Waals surface area contributed by atoms with Crippen LogP contribution in [0.15, 0.2) is 11.3 Å². The highest BCUT2D eigenvalue weighted by atomic mass is 31.1. The van der Waals surface area contributed by atoms with E-state index >= 15 is 0 Å². The van der Waals surface area contributed by atoms with Crippen LogP contribution in [0.4, 0.5) is 0 Å². The highest BCUT2D eigenvalue weighted by Crippen LogP contribution is 2.39. The van der Waals surface area contributed by atoms with Gasteiger partial charge in [-0.2, -0.15) is 0 Å². The molecule has 200 valence electrons. The number of hydrogen-bond donors (Lipinski definition) is 1. The molecule has 11 heteroatoms. The zero-order valence-corrected chi connectivity index (χ0v) is 23.1. The van der Waals surface area contributed by atoms with E-state index in [4.69, 9.17) is 23.7 Å². The number of carboxylic acid groups (broad SMARTS) is 1. The lowest BCUT2D eigenvalue weighted by molar-refractivity contribution is -0.256. The first-order valence-electron chi connectivity index (χ1n) is 11.8. The zero-order chi connectivity index (χ0) is 26.7. The number of cyclic esters (lactones) is 1. The van der Waals surface area contributed by atoms with Crippen molar-refractivity contribution in [1.82, 2.24) is 4.90 Å². The van der Waals surface area contributed by atoms with Crippen molar-refractivity contribution in [1.29, 1.82) is 0 Å². The second-order valence-corrected chi connectivity index (χ2v) is 11.2. The predicted molar refractivity (Wildman–Crippen MR) is 128 cm³/mol. The Kier molecular flexibility index (Phi) is 9.87. The summed E-state index contributed by atoms with van der Waals surface area (Å²) in [6, 6.07) is -0.0592. The van der Waals surface area contributed by atoms with Gasteiger partial charge in [-0.1, -0.05) is 6.92 Å². The van der Waals surface area contributed by atoms with E-state index in [1.165, 1.54) is 7.11 Å². The molecular weight excluding hydrogens is 477 g/mol. The monoisotopic (exact) mass is 517 g/mol. The molecule has 0 aromatic rings. The lowest BCUT2D eigenvalue weighted by atomic mass is 9.85. The molecule has 7 atom stereocenters. The molecule has 0 radical (unpaired) electrons. The SMILES string of the molecule is CO[C@](C)(C[C@@H](C)C(=O)O)[C@@H](CC1=C(C)C(=O)OC(C)(C)O1)O[C@@H]1OC(C)CC(N(C)C)C1P=O. The first-order chi connectivity index (χ1) is 16.1. The summed E-state index contributed by atoms with van der Waals surface area (Å²) in [5.74, 6) is -3.00. The minimum Gasteiger partial charge on any atom is -0.481 e. The van der Waals surface area contributed by atoms with Crippen LogP contribution in [0, 0.1) is 5.92 Å². The van der Waals surface area contributed by atoms with Crippen LogP contribution in [0.3, 0.4) is 0 Å². The highest BCUT2D eigenvalue weighted by Gasteiger charge is 2.47. The summed E-state index contributed by atoms with van der Waals surface area (Å²) in [4.78, 5) is 26.1. The molecule has 2 rings (SSSR count). The fourth-order valence-electron chi connectivity index (χ4n) is 4.56. The molecule has 0 amide bonds. The first kappa shape index (κ1) is 29.6. The lowest BCUT2D eigenvalue weighted by Crippen LogP contribution is -2.55. The van der Waals surface area contributed by atoms with Gasteiger partial charge in [-0.25, -0.2) is 4.79 Å². The number of nitrogens with zero attached hydrogens (tertiary/aromatic N) is 1. The standard InChI is InChI=1S/C24H40NO9P/c1-13(20(26)27)12-24(6,30-9)18(11-17-15(3)21(28)34-23(4,5)33-17)32-22-19(35-29)16(25(7)8)10-14(2)31-22/h13-14,16,18-19,22H,10-12H2,1-9H3,(H,26,27)/t13-,14?,16?,18-,19?,22+,24-/m1/s1. The molecule has 0 aromatic carbocycles. The van der Waals surface area contributed by atoms with Crippen molar-refractivity contribution < 1.29 is 42.9 Å². The average molecular weight is 518 g/mol. The Morgan fingerprint density at radius 1 is 1.34 bits per heavy atom. The third-order valence-electron chi connectivity index (χ3n) is 6.78. The minimum atomic E-state index is -1.17. The first-order valence-corrected chi connectivity index (χ1v) is 12.7. The quantitative estimate of drug-likeness (QED) is 0.321. The van der Waals surface area contributed by atoms with E-state index < -0.39 is 47.3 Å². The Bertz CT molecular complexity index is 830. The van der Waals surface area contributed by atoms with Gasteiger partial charge in [0.25, 0.3) is 0 Å². The van der Waals surface area contributed by atoms with Crippen molar-refractivity contribution in [3.05, 3.63) is 11.3 Å². The number of rotatable bonds is 11. The van der Waals surface area contributed by atoms with E-state index in [-0.39, 0.29) is 33.4 Å². The van der Waals surface area contributed by atoms with Crippen LogP contribution in [0.25, 0.3) is 0 Å². The maximum atomic E-state index is 12.5. The summed E-state index contributed by atoms with van der Waals surface area (Å²) in [6.07, 6.45) is -0.883. The minimum absolute atomic E-state index is 0.0592. The van der Waals surface area contributed by atoms with Crippen LogP contribution in [-0.4, -0.2) is 84.7 Å². The Labute approximate surface area is 209 Å². The summed E-state index contributed by atoms with van der Waals surface area (Å²) in [5, 5.41) is 9.56. The third-order valence-corrected chi connectivity index (χ3v) is 7.61. The van der Waals surface area contributed by atoms with Gasteiger partial charge in [-0.3, -0.25) is 9.36 Å². The van der Waals surface area contributed by atoms with Crippen LogP contribution >= 0.6 is 8.46 Å². The Balaban J connectivity index is 2.48. The molecule has 0 saturated carbocycles. The van der Waals surface area contributed by atoms with Gasteiger partial charge in [0.05, 0.1) is 29.3 Å². The normalized spacial score (nSPS) is 30.4. The number of methoxy groups -OCH3 is 1. The van der Waals surface area contributed by atoms with E-state index in [9.17, 15) is 19.3 Å². The molecule has 0 aliphatic carbocycles. The molecule has 2 heterocycles.